The Labute approximate surface area is 512 Å². The number of ether oxygens (including phenoxy) is 8. The summed E-state index contributed by atoms with van der Waals surface area (Å²) in [6.45, 7) is 7.20. The molecule has 4 heterocycles. The predicted octanol–water partition coefficient (Wildman–Crippen LogP) is 17.0. The number of rotatable bonds is 12. The summed E-state index contributed by atoms with van der Waals surface area (Å²) in [5, 5.41) is 102. The molecule has 0 aromatic heterocycles. The molecule has 5 aliphatic rings. The van der Waals surface area contributed by atoms with E-state index >= 15 is 0 Å². The van der Waals surface area contributed by atoms with Gasteiger partial charge >= 0.3 is 45.5 Å². The van der Waals surface area contributed by atoms with Crippen molar-refractivity contribution in [2.24, 2.45) is 0 Å². The van der Waals surface area contributed by atoms with E-state index in [4.69, 9.17) is 37.9 Å². The van der Waals surface area contributed by atoms with Crippen LogP contribution in [0.2, 0.25) is 0 Å². The molecular formula is C60H40N8O24. The highest BCUT2D eigenvalue weighted by Crippen LogP contribution is 2.61. The van der Waals surface area contributed by atoms with Crippen molar-refractivity contribution in [3.05, 3.63) is 222 Å². The van der Waals surface area contributed by atoms with Crippen LogP contribution in [0.1, 0.15) is 122 Å². The van der Waals surface area contributed by atoms with Crippen molar-refractivity contribution in [2.45, 2.75) is 77.0 Å². The Balaban J connectivity index is 1.24. The molecule has 32 heteroatoms. The molecule has 0 atom stereocenters. The van der Waals surface area contributed by atoms with Crippen LogP contribution < -0.4 is 37.9 Å². The van der Waals surface area contributed by atoms with Gasteiger partial charge in [-0.15, -0.1) is 0 Å². The molecule has 13 rings (SSSR count). The number of nitro benzene ring substituents is 8. The first-order valence-electron chi connectivity index (χ1n) is 28.0. The minimum Gasteiger partial charge on any atom is -0.453 e. The normalized spacial score (nSPS) is 16.3. The summed E-state index contributed by atoms with van der Waals surface area (Å²) < 4.78 is 53.6. The van der Waals surface area contributed by atoms with E-state index in [1.54, 1.807) is 52.0 Å². The van der Waals surface area contributed by atoms with Gasteiger partial charge in [0.25, 0.3) is 0 Å². The molecule has 0 spiro atoms. The minimum atomic E-state index is -1.03. The largest absolute Gasteiger partial charge is 0.453 e. The molecule has 0 saturated carbocycles. The third-order valence-electron chi connectivity index (χ3n) is 16.7. The molecule has 92 heavy (non-hydrogen) atoms. The SMILES string of the molecule is CCC1c2cc3c4cc2Oc2cc([N+](=O)[O-])c([N+](=O)[O-])cc2Oc2cc5c(cc21)C(CC)c1cc2c(cc1Oc1cc([N+](=O)[O-])c([N+](=O)[O-])cc1O5)Oc1cc([N+](=O)[O-])c([N+](=O)[O-])cc1Oc1cc(c(cc1C2CC)C3CC)Oc1cc([N+](=O)[O-])c([N+](=O)[O-])cc1O4. The molecule has 4 aliphatic heterocycles. The zero-order chi connectivity index (χ0) is 65.2. The Hall–Kier alpha value is -12.6. The average Bonchev–Trinajstić information content (AvgIpc) is 1.47. The highest BCUT2D eigenvalue weighted by Gasteiger charge is 2.42. The average molecular weight is 1260 g/mol. The second kappa shape index (κ2) is 21.6. The molecule has 0 N–H and O–H groups in total. The minimum absolute atomic E-state index is 0.127. The first-order chi connectivity index (χ1) is 44.0. The van der Waals surface area contributed by atoms with E-state index in [0.29, 0.717) is 44.5 Å². The fourth-order valence-electron chi connectivity index (χ4n) is 12.6. The van der Waals surface area contributed by atoms with E-state index in [0.717, 1.165) is 48.5 Å². The summed E-state index contributed by atoms with van der Waals surface area (Å²) in [7, 11) is 0. The summed E-state index contributed by atoms with van der Waals surface area (Å²) in [5.41, 5.74) is -5.85. The number of nitro groups is 8. The summed E-state index contributed by atoms with van der Waals surface area (Å²) >= 11 is 0. The summed E-state index contributed by atoms with van der Waals surface area (Å²) in [4.78, 5) is 93.6. The van der Waals surface area contributed by atoms with Crippen molar-refractivity contribution in [1.82, 2.24) is 0 Å². The second-order valence-corrected chi connectivity index (χ2v) is 21.6. The molecule has 464 valence electrons. The third-order valence-corrected chi connectivity index (χ3v) is 16.7. The second-order valence-electron chi connectivity index (χ2n) is 21.6. The van der Waals surface area contributed by atoms with Gasteiger partial charge in [-0.3, -0.25) is 80.9 Å². The lowest BCUT2D eigenvalue weighted by Crippen LogP contribution is -2.12. The Kier molecular flexibility index (Phi) is 13.7. The van der Waals surface area contributed by atoms with Crippen molar-refractivity contribution >= 4 is 45.5 Å². The van der Waals surface area contributed by atoms with Crippen LogP contribution in [0.25, 0.3) is 0 Å². The van der Waals surface area contributed by atoms with Crippen molar-refractivity contribution in [2.75, 3.05) is 0 Å². The van der Waals surface area contributed by atoms with Gasteiger partial charge in [0.1, 0.15) is 46.0 Å². The van der Waals surface area contributed by atoms with Gasteiger partial charge in [0, 0.05) is 92.4 Å². The van der Waals surface area contributed by atoms with Crippen molar-refractivity contribution in [3.63, 3.8) is 0 Å². The number of fused-ring (bicyclic) bond motifs is 4. The van der Waals surface area contributed by atoms with Crippen LogP contribution >= 0.6 is 0 Å². The monoisotopic (exact) mass is 1260 g/mol. The molecule has 32 nitrogen and oxygen atoms in total. The van der Waals surface area contributed by atoms with Gasteiger partial charge in [-0.1, -0.05) is 27.7 Å². The van der Waals surface area contributed by atoms with E-state index in [9.17, 15) is 80.9 Å². The van der Waals surface area contributed by atoms with Crippen LogP contribution in [-0.2, 0) is 0 Å². The smallest absolute Gasteiger partial charge is 0.350 e. The van der Waals surface area contributed by atoms with Crippen molar-refractivity contribution < 1.29 is 77.3 Å². The van der Waals surface area contributed by atoms with Gasteiger partial charge < -0.3 is 37.9 Å². The molecule has 0 saturated heterocycles. The fourth-order valence-corrected chi connectivity index (χ4v) is 12.6. The van der Waals surface area contributed by atoms with E-state index in [-0.39, 0.29) is 71.7 Å². The lowest BCUT2D eigenvalue weighted by atomic mass is 9.77. The highest BCUT2D eigenvalue weighted by molar-refractivity contribution is 5.73. The number of hydrogen-bond donors (Lipinski definition) is 0. The number of nitrogens with zero attached hydrogens (tertiary/aromatic N) is 8. The summed E-state index contributed by atoms with van der Waals surface area (Å²) in [6, 6.07) is 18.4. The maximum Gasteiger partial charge on any atom is 0.350 e. The first-order valence-corrected chi connectivity index (χ1v) is 28.0. The summed E-state index contributed by atoms with van der Waals surface area (Å²) in [5.74, 6) is -8.49. The maximum atomic E-state index is 12.7. The molecule has 0 fully saturated rings. The highest BCUT2D eigenvalue weighted by atomic mass is 16.7. The van der Waals surface area contributed by atoms with Crippen molar-refractivity contribution in [3.8, 4) is 92.0 Å². The molecule has 8 bridgehead atoms. The van der Waals surface area contributed by atoms with Crippen LogP contribution in [0.3, 0.4) is 0 Å². The first kappa shape index (κ1) is 58.4. The third kappa shape index (κ3) is 9.37. The van der Waals surface area contributed by atoms with Crippen LogP contribution in [-0.4, -0.2) is 39.4 Å². The quantitative estimate of drug-likeness (QED) is 0.0809. The molecule has 0 amide bonds. The van der Waals surface area contributed by atoms with Gasteiger partial charge in [-0.25, -0.2) is 0 Å². The van der Waals surface area contributed by atoms with Gasteiger partial charge in [-0.05, 0) is 49.9 Å². The summed E-state index contributed by atoms with van der Waals surface area (Å²) in [6.07, 6.45) is 0.602. The molecular weight excluding hydrogens is 1220 g/mol. The Morgan fingerprint density at radius 1 is 0.217 bits per heavy atom. The van der Waals surface area contributed by atoms with E-state index in [1.807, 2.05) is 0 Å². The molecule has 8 aromatic rings. The molecule has 1 aliphatic carbocycles. The zero-order valence-corrected chi connectivity index (χ0v) is 47.8. The van der Waals surface area contributed by atoms with Crippen molar-refractivity contribution in [1.29, 1.82) is 0 Å². The Morgan fingerprint density at radius 2 is 0.337 bits per heavy atom. The van der Waals surface area contributed by atoms with Gasteiger partial charge in [0.15, 0.2) is 46.0 Å². The van der Waals surface area contributed by atoms with E-state index in [1.165, 1.54) is 24.3 Å². The van der Waals surface area contributed by atoms with Crippen LogP contribution in [0.5, 0.6) is 92.0 Å². The lowest BCUT2D eigenvalue weighted by Gasteiger charge is -2.29. The Bertz CT molecular complexity index is 3890. The predicted molar refractivity (Wildman–Crippen MR) is 314 cm³/mol. The fraction of sp³-hybridized carbons (Fsp3) is 0.200. The topological polar surface area (TPSA) is 419 Å². The van der Waals surface area contributed by atoms with Crippen LogP contribution in [0.15, 0.2) is 97.1 Å². The van der Waals surface area contributed by atoms with Crippen LogP contribution in [0, 0.1) is 80.9 Å². The van der Waals surface area contributed by atoms with E-state index in [2.05, 4.69) is 0 Å². The number of hydrogen-bond acceptors (Lipinski definition) is 24. The maximum absolute atomic E-state index is 12.7. The zero-order valence-electron chi connectivity index (χ0n) is 47.8. The van der Waals surface area contributed by atoms with Gasteiger partial charge in [0.2, 0.25) is 0 Å². The molecule has 0 unspecified atom stereocenters. The lowest BCUT2D eigenvalue weighted by molar-refractivity contribution is -0.422. The van der Waals surface area contributed by atoms with Crippen LogP contribution in [0.4, 0.5) is 45.5 Å². The standard InChI is InChI=1S/C60H40N8O24/c1-5-25-29-9-31-26(6-2)33-11-35-28(8-4)36-12-34-27(7-3)32-10-30(25)46-22-48(32)88-56-16-40(64(75)76)42(66(79)80)18-58(56)90-50(34)24-52(36)92-60-20-44(68(83)84)43(67(81)82)19-59(60)91-51(35)23-49(33)89-57-17-41(65(77)78)39(63(73)74)15-55(57)87-47(31)21-45(29)85-53-13-37(61(69)70)38(62(71)72)14-54(53)86-46/h9-28H,5-8H2,1-4H3. The molecule has 8 aromatic carbocycles. The number of benzene rings is 8. The Morgan fingerprint density at radius 3 is 0.435 bits per heavy atom. The van der Waals surface area contributed by atoms with E-state index < -0.39 is 155 Å². The molecule has 0 radical (unpaired) electrons. The van der Waals surface area contributed by atoms with Gasteiger partial charge in [0.05, 0.1) is 87.9 Å². The van der Waals surface area contributed by atoms with Gasteiger partial charge in [-0.2, -0.15) is 0 Å².